The van der Waals surface area contributed by atoms with E-state index < -0.39 is 0 Å². The maximum atomic E-state index is 13.0. The largest absolute Gasteiger partial charge is 0.328 e. The van der Waals surface area contributed by atoms with Gasteiger partial charge >= 0.3 is 0 Å². The van der Waals surface area contributed by atoms with Crippen LogP contribution in [0.5, 0.6) is 0 Å². The molecule has 0 atom stereocenters. The Morgan fingerprint density at radius 1 is 1.05 bits per heavy atom. The molecule has 2 nitrogen and oxygen atoms in total. The van der Waals surface area contributed by atoms with E-state index in [1.807, 2.05) is 30.0 Å². The summed E-state index contributed by atoms with van der Waals surface area (Å²) in [5.41, 5.74) is 0.843. The third-order valence-corrected chi connectivity index (χ3v) is 6.10. The van der Waals surface area contributed by atoms with E-state index in [-0.39, 0.29) is 5.91 Å². The Bertz CT molecular complexity index is 705. The number of thiophene rings is 3. The smallest absolute Gasteiger partial charge is 0.255 e. The van der Waals surface area contributed by atoms with Gasteiger partial charge < -0.3 is 4.90 Å². The van der Waals surface area contributed by atoms with Gasteiger partial charge in [0.05, 0.1) is 18.7 Å². The Morgan fingerprint density at radius 2 is 1.64 bits per heavy atom. The van der Waals surface area contributed by atoms with E-state index in [4.69, 9.17) is 0 Å². The average molecular weight is 348 g/mol. The van der Waals surface area contributed by atoms with Crippen molar-refractivity contribution in [2.24, 2.45) is 0 Å². The van der Waals surface area contributed by atoms with Crippen LogP contribution in [-0.2, 0) is 13.1 Å². The van der Waals surface area contributed by atoms with Crippen molar-refractivity contribution in [2.45, 2.75) is 26.9 Å². The van der Waals surface area contributed by atoms with E-state index in [1.165, 1.54) is 14.6 Å². The maximum Gasteiger partial charge on any atom is 0.255 e. The molecule has 3 aromatic heterocycles. The molecule has 0 saturated carbocycles. The Labute approximate surface area is 142 Å². The highest BCUT2D eigenvalue weighted by molar-refractivity contribution is 7.12. The molecule has 3 rings (SSSR count). The first-order chi connectivity index (χ1) is 10.6. The second-order valence-corrected chi connectivity index (χ2v) is 8.67. The van der Waals surface area contributed by atoms with Gasteiger partial charge in [-0.3, -0.25) is 4.79 Å². The number of aryl methyl sites for hydroxylation is 2. The number of rotatable bonds is 5. The molecule has 0 aliphatic carbocycles. The zero-order valence-electron chi connectivity index (χ0n) is 12.5. The van der Waals surface area contributed by atoms with E-state index in [0.717, 1.165) is 10.4 Å². The van der Waals surface area contributed by atoms with E-state index in [1.54, 1.807) is 34.0 Å². The fourth-order valence-electron chi connectivity index (χ4n) is 2.39. The van der Waals surface area contributed by atoms with Gasteiger partial charge in [0, 0.05) is 19.5 Å². The van der Waals surface area contributed by atoms with Crippen molar-refractivity contribution in [2.75, 3.05) is 0 Å². The molecule has 5 heteroatoms. The zero-order chi connectivity index (χ0) is 15.5. The number of carbonyl (C=O) groups excluding carboxylic acids is 1. The van der Waals surface area contributed by atoms with E-state index in [2.05, 4.69) is 29.8 Å². The predicted molar refractivity (Wildman–Crippen MR) is 96.0 cm³/mol. The van der Waals surface area contributed by atoms with Crippen molar-refractivity contribution in [3.63, 3.8) is 0 Å². The summed E-state index contributed by atoms with van der Waals surface area (Å²) in [6, 6.07) is 10.3. The highest BCUT2D eigenvalue weighted by Crippen LogP contribution is 2.25. The summed E-state index contributed by atoms with van der Waals surface area (Å²) in [6.07, 6.45) is 0. The molecule has 3 heterocycles. The van der Waals surface area contributed by atoms with Gasteiger partial charge in [-0.25, -0.2) is 0 Å². The minimum absolute atomic E-state index is 0.128. The van der Waals surface area contributed by atoms with Gasteiger partial charge in [-0.15, -0.1) is 34.0 Å². The Hall–Kier alpha value is -1.43. The van der Waals surface area contributed by atoms with Gasteiger partial charge in [0.1, 0.15) is 0 Å². The van der Waals surface area contributed by atoms with Crippen LogP contribution in [0.15, 0.2) is 41.1 Å². The lowest BCUT2D eigenvalue weighted by Gasteiger charge is -2.21. The first kappa shape index (κ1) is 15.5. The van der Waals surface area contributed by atoms with E-state index in [9.17, 15) is 4.79 Å². The second-order valence-electron chi connectivity index (χ2n) is 5.15. The molecule has 0 unspecified atom stereocenters. The lowest BCUT2D eigenvalue weighted by atomic mass is 10.2. The highest BCUT2D eigenvalue weighted by atomic mass is 32.1. The number of carbonyl (C=O) groups is 1. The highest BCUT2D eigenvalue weighted by Gasteiger charge is 2.20. The van der Waals surface area contributed by atoms with Crippen LogP contribution in [0.4, 0.5) is 0 Å². The molecule has 3 aromatic rings. The molecule has 0 bridgehead atoms. The fourth-order valence-corrected chi connectivity index (χ4v) is 4.75. The van der Waals surface area contributed by atoms with Crippen molar-refractivity contribution in [1.82, 2.24) is 4.90 Å². The van der Waals surface area contributed by atoms with Gasteiger partial charge in [0.15, 0.2) is 0 Å². The fraction of sp³-hybridized carbons (Fsp3) is 0.235. The van der Waals surface area contributed by atoms with Crippen molar-refractivity contribution < 1.29 is 4.79 Å². The Kier molecular flexibility index (Phi) is 4.76. The monoisotopic (exact) mass is 347 g/mol. The molecule has 0 aromatic carbocycles. The zero-order valence-corrected chi connectivity index (χ0v) is 15.0. The van der Waals surface area contributed by atoms with Crippen LogP contribution in [0.3, 0.4) is 0 Å². The topological polar surface area (TPSA) is 20.3 Å². The minimum atomic E-state index is 0.128. The van der Waals surface area contributed by atoms with Gasteiger partial charge in [-0.2, -0.15) is 0 Å². The number of hydrogen-bond donors (Lipinski definition) is 0. The van der Waals surface area contributed by atoms with E-state index in [0.29, 0.717) is 13.1 Å². The number of nitrogens with zero attached hydrogens (tertiary/aromatic N) is 1. The molecule has 0 fully saturated rings. The Morgan fingerprint density at radius 3 is 2.05 bits per heavy atom. The molecule has 0 radical (unpaired) electrons. The summed E-state index contributed by atoms with van der Waals surface area (Å²) in [5.74, 6) is 0.128. The van der Waals surface area contributed by atoms with Gasteiger partial charge in [-0.1, -0.05) is 12.1 Å². The summed E-state index contributed by atoms with van der Waals surface area (Å²) in [4.78, 5) is 19.6. The lowest BCUT2D eigenvalue weighted by Crippen LogP contribution is -2.29. The molecule has 0 saturated heterocycles. The van der Waals surface area contributed by atoms with Crippen LogP contribution in [0.2, 0.25) is 0 Å². The first-order valence-corrected chi connectivity index (χ1v) is 9.62. The first-order valence-electron chi connectivity index (χ1n) is 7.04. The van der Waals surface area contributed by atoms with Crippen molar-refractivity contribution in [3.8, 4) is 0 Å². The standard InChI is InChI=1S/C17H17NOS3/c1-12-9-16(13(2)22-12)17(19)18(10-14-5-3-7-20-14)11-15-6-4-8-21-15/h3-9H,10-11H2,1-2H3. The van der Waals surface area contributed by atoms with E-state index >= 15 is 0 Å². The van der Waals surface area contributed by atoms with Crippen molar-refractivity contribution in [3.05, 3.63) is 66.2 Å². The second kappa shape index (κ2) is 6.77. The van der Waals surface area contributed by atoms with Gasteiger partial charge in [0.25, 0.3) is 5.91 Å². The summed E-state index contributed by atoms with van der Waals surface area (Å²) in [6.45, 7) is 5.42. The molecule has 114 valence electrons. The molecular weight excluding hydrogens is 330 g/mol. The van der Waals surface area contributed by atoms with Crippen molar-refractivity contribution in [1.29, 1.82) is 0 Å². The third kappa shape index (κ3) is 3.48. The van der Waals surface area contributed by atoms with Crippen LogP contribution in [0.1, 0.15) is 29.9 Å². The summed E-state index contributed by atoms with van der Waals surface area (Å²) in [7, 11) is 0. The molecule has 0 N–H and O–H groups in total. The average Bonchev–Trinajstić information content (AvgIpc) is 3.20. The van der Waals surface area contributed by atoms with Crippen LogP contribution in [-0.4, -0.2) is 10.8 Å². The minimum Gasteiger partial charge on any atom is -0.328 e. The molecule has 22 heavy (non-hydrogen) atoms. The summed E-state index contributed by atoms with van der Waals surface area (Å²) >= 11 is 5.08. The SMILES string of the molecule is Cc1cc(C(=O)N(Cc2cccs2)Cc2cccs2)c(C)s1. The van der Waals surface area contributed by atoms with Crippen LogP contribution < -0.4 is 0 Å². The molecule has 1 amide bonds. The van der Waals surface area contributed by atoms with Crippen molar-refractivity contribution >= 4 is 39.9 Å². The predicted octanol–water partition coefficient (Wildman–Crippen LogP) is 5.33. The summed E-state index contributed by atoms with van der Waals surface area (Å²) < 4.78 is 0. The lowest BCUT2D eigenvalue weighted by molar-refractivity contribution is 0.0733. The van der Waals surface area contributed by atoms with Crippen LogP contribution in [0.25, 0.3) is 0 Å². The van der Waals surface area contributed by atoms with Gasteiger partial charge in [-0.05, 0) is 42.8 Å². The van der Waals surface area contributed by atoms with Crippen LogP contribution >= 0.6 is 34.0 Å². The number of hydrogen-bond acceptors (Lipinski definition) is 4. The van der Waals surface area contributed by atoms with Gasteiger partial charge in [0.2, 0.25) is 0 Å². The quantitative estimate of drug-likeness (QED) is 0.611. The number of amides is 1. The molecule has 0 aliphatic heterocycles. The Balaban J connectivity index is 1.86. The van der Waals surface area contributed by atoms with Crippen LogP contribution in [0, 0.1) is 13.8 Å². The molecule has 0 aliphatic rings. The summed E-state index contributed by atoms with van der Waals surface area (Å²) in [5, 5.41) is 4.12. The molecule has 0 spiro atoms. The maximum absolute atomic E-state index is 13.0. The normalized spacial score (nSPS) is 10.8. The third-order valence-electron chi connectivity index (χ3n) is 3.41. The molecular formula is C17H17NOS3.